The molecule has 0 atom stereocenters. The third-order valence-corrected chi connectivity index (χ3v) is 6.27. The Morgan fingerprint density at radius 1 is 1.30 bits per heavy atom. The number of hydrogen-bond donors (Lipinski definition) is 1. The fraction of sp³-hybridized carbons (Fsp3) is 0.238. The number of thiazole rings is 1. The number of carbonyl (C=O) groups excluding carboxylic acids is 1. The number of amides is 1. The van der Waals surface area contributed by atoms with Gasteiger partial charge in [-0.25, -0.2) is 4.98 Å². The molecular weight excluding hydrogens is 374 g/mol. The average molecular weight is 396 g/mol. The number of fused-ring (bicyclic) bond motifs is 1. The Hall–Kier alpha value is -2.31. The Bertz CT molecular complexity index is 983. The Labute approximate surface area is 167 Å². The molecule has 0 saturated carbocycles. The van der Waals surface area contributed by atoms with Crippen LogP contribution in [0.15, 0.2) is 52.7 Å². The van der Waals surface area contributed by atoms with E-state index in [9.17, 15) is 4.79 Å². The first-order valence-electron chi connectivity index (χ1n) is 8.87. The lowest BCUT2D eigenvalue weighted by molar-refractivity contribution is -0.115. The minimum Gasteiger partial charge on any atom is -0.362 e. The molecule has 0 spiro atoms. The van der Waals surface area contributed by atoms with Crippen LogP contribution in [0.2, 0.25) is 0 Å². The summed E-state index contributed by atoms with van der Waals surface area (Å²) in [5.74, 6) is 0.0172. The molecule has 6 heteroatoms. The second-order valence-electron chi connectivity index (χ2n) is 6.52. The molecule has 4 nitrogen and oxygen atoms in total. The van der Waals surface area contributed by atoms with Crippen molar-refractivity contribution in [3.05, 3.63) is 58.4 Å². The van der Waals surface area contributed by atoms with Gasteiger partial charge in [0.05, 0.1) is 22.9 Å². The highest BCUT2D eigenvalue weighted by Crippen LogP contribution is 2.33. The lowest BCUT2D eigenvalue weighted by Gasteiger charge is -2.19. The van der Waals surface area contributed by atoms with Crippen LogP contribution in [0.1, 0.15) is 10.6 Å². The zero-order chi connectivity index (χ0) is 18.8. The van der Waals surface area contributed by atoms with E-state index in [2.05, 4.69) is 38.8 Å². The van der Waals surface area contributed by atoms with Gasteiger partial charge in [0.2, 0.25) is 5.91 Å². The predicted molar refractivity (Wildman–Crippen MR) is 115 cm³/mol. The zero-order valence-corrected chi connectivity index (χ0v) is 17.0. The molecule has 1 aliphatic rings. The lowest BCUT2D eigenvalue weighted by atomic mass is 10.1. The molecule has 138 valence electrons. The van der Waals surface area contributed by atoms with Crippen molar-refractivity contribution in [1.82, 2.24) is 4.98 Å². The minimum absolute atomic E-state index is 0.0172. The van der Waals surface area contributed by atoms with Gasteiger partial charge in [-0.3, -0.25) is 4.79 Å². The van der Waals surface area contributed by atoms with Crippen molar-refractivity contribution < 1.29 is 4.79 Å². The van der Waals surface area contributed by atoms with Crippen LogP contribution in [0, 0.1) is 6.92 Å². The van der Waals surface area contributed by atoms with Crippen molar-refractivity contribution in [3.8, 4) is 11.3 Å². The van der Waals surface area contributed by atoms with E-state index in [0.717, 1.165) is 45.5 Å². The van der Waals surface area contributed by atoms with E-state index in [1.54, 1.807) is 23.1 Å². The molecule has 1 aromatic heterocycles. The van der Waals surface area contributed by atoms with Gasteiger partial charge < -0.3 is 10.2 Å². The maximum Gasteiger partial charge on any atom is 0.243 e. The Kier molecular flexibility index (Phi) is 5.18. The summed E-state index contributed by atoms with van der Waals surface area (Å²) < 4.78 is 0. The normalized spacial score (nSPS) is 12.9. The van der Waals surface area contributed by atoms with E-state index in [4.69, 9.17) is 0 Å². The number of rotatable bonds is 5. The lowest BCUT2D eigenvalue weighted by Crippen LogP contribution is -2.32. The van der Waals surface area contributed by atoms with Crippen LogP contribution >= 0.6 is 23.1 Å². The molecule has 0 fully saturated rings. The van der Waals surface area contributed by atoms with Gasteiger partial charge in [-0.2, -0.15) is 0 Å². The van der Waals surface area contributed by atoms with E-state index in [1.165, 1.54) is 5.56 Å². The number of para-hydroxylation sites is 1. The standard InChI is InChI=1S/C21H21N3OS2/c1-14-22-18(13-27-14)15-7-8-19-16(11-15)9-10-24(19)12-21(25)23-17-5-3-4-6-20(17)26-2/h3-8,11,13H,9-10,12H2,1-2H3,(H,23,25). The van der Waals surface area contributed by atoms with Gasteiger partial charge in [-0.1, -0.05) is 18.2 Å². The highest BCUT2D eigenvalue weighted by Gasteiger charge is 2.22. The van der Waals surface area contributed by atoms with Crippen molar-refractivity contribution in [2.75, 3.05) is 29.6 Å². The highest BCUT2D eigenvalue weighted by molar-refractivity contribution is 7.98. The maximum atomic E-state index is 12.6. The van der Waals surface area contributed by atoms with Gasteiger partial charge in [-0.05, 0) is 49.4 Å². The number of aromatic nitrogens is 1. The molecular formula is C21H21N3OS2. The van der Waals surface area contributed by atoms with Crippen molar-refractivity contribution >= 4 is 40.4 Å². The third kappa shape index (κ3) is 3.87. The number of nitrogens with one attached hydrogen (secondary N) is 1. The third-order valence-electron chi connectivity index (χ3n) is 4.70. The maximum absolute atomic E-state index is 12.6. The average Bonchev–Trinajstić information content (AvgIpc) is 3.28. The SMILES string of the molecule is CSc1ccccc1NC(=O)CN1CCc2cc(-c3csc(C)n3)ccc21. The monoisotopic (exact) mass is 395 g/mol. The van der Waals surface area contributed by atoms with E-state index >= 15 is 0 Å². The van der Waals surface area contributed by atoms with Gasteiger partial charge in [0.25, 0.3) is 0 Å². The van der Waals surface area contributed by atoms with Crippen molar-refractivity contribution in [3.63, 3.8) is 0 Å². The number of aryl methyl sites for hydroxylation is 1. The fourth-order valence-corrected chi connectivity index (χ4v) is 4.58. The Morgan fingerprint density at radius 2 is 2.15 bits per heavy atom. The van der Waals surface area contributed by atoms with E-state index in [-0.39, 0.29) is 5.91 Å². The van der Waals surface area contributed by atoms with E-state index in [0.29, 0.717) is 6.54 Å². The van der Waals surface area contributed by atoms with Gasteiger partial charge in [0, 0.05) is 28.1 Å². The second kappa shape index (κ2) is 7.74. The van der Waals surface area contributed by atoms with Gasteiger partial charge in [0.15, 0.2) is 0 Å². The molecule has 0 saturated heterocycles. The molecule has 3 aromatic rings. The van der Waals surface area contributed by atoms with Crippen LogP contribution in [-0.4, -0.2) is 30.2 Å². The summed E-state index contributed by atoms with van der Waals surface area (Å²) >= 11 is 3.31. The number of thioether (sulfide) groups is 1. The summed E-state index contributed by atoms with van der Waals surface area (Å²) in [5.41, 5.74) is 5.50. The zero-order valence-electron chi connectivity index (χ0n) is 15.4. The molecule has 4 rings (SSSR count). The summed E-state index contributed by atoms with van der Waals surface area (Å²) in [6, 6.07) is 14.3. The fourth-order valence-electron chi connectivity index (χ4n) is 3.40. The number of nitrogens with zero attached hydrogens (tertiary/aromatic N) is 2. The summed E-state index contributed by atoms with van der Waals surface area (Å²) in [6.07, 6.45) is 2.98. The summed E-state index contributed by atoms with van der Waals surface area (Å²) in [6.45, 7) is 3.26. The second-order valence-corrected chi connectivity index (χ2v) is 8.43. The minimum atomic E-state index is 0.0172. The molecule has 1 amide bonds. The van der Waals surface area contributed by atoms with Crippen LogP contribution < -0.4 is 10.2 Å². The van der Waals surface area contributed by atoms with Gasteiger partial charge in [0.1, 0.15) is 0 Å². The quantitative estimate of drug-likeness (QED) is 0.628. The molecule has 1 aliphatic heterocycles. The summed E-state index contributed by atoms with van der Waals surface area (Å²) in [5, 5.41) is 6.22. The molecule has 0 bridgehead atoms. The number of carbonyl (C=O) groups is 1. The predicted octanol–water partition coefficient (Wildman–Crippen LogP) is 4.84. The molecule has 2 aromatic carbocycles. The summed E-state index contributed by atoms with van der Waals surface area (Å²) in [7, 11) is 0. The number of hydrogen-bond acceptors (Lipinski definition) is 5. The van der Waals surface area contributed by atoms with Crippen molar-refractivity contribution in [2.24, 2.45) is 0 Å². The van der Waals surface area contributed by atoms with Crippen LogP contribution in [0.25, 0.3) is 11.3 Å². The van der Waals surface area contributed by atoms with E-state index in [1.807, 2.05) is 37.4 Å². The van der Waals surface area contributed by atoms with Crippen LogP contribution in [0.5, 0.6) is 0 Å². The first-order valence-corrected chi connectivity index (χ1v) is 11.0. The molecule has 0 radical (unpaired) electrons. The Balaban J connectivity index is 1.47. The number of benzene rings is 2. The van der Waals surface area contributed by atoms with Crippen molar-refractivity contribution in [2.45, 2.75) is 18.2 Å². The van der Waals surface area contributed by atoms with Crippen molar-refractivity contribution in [1.29, 1.82) is 0 Å². The molecule has 0 aliphatic carbocycles. The molecule has 1 N–H and O–H groups in total. The topological polar surface area (TPSA) is 45.2 Å². The summed E-state index contributed by atoms with van der Waals surface area (Å²) in [4.78, 5) is 20.4. The largest absolute Gasteiger partial charge is 0.362 e. The first kappa shape index (κ1) is 18.1. The molecule has 2 heterocycles. The van der Waals surface area contributed by atoms with Crippen LogP contribution in [0.3, 0.4) is 0 Å². The Morgan fingerprint density at radius 3 is 2.93 bits per heavy atom. The smallest absolute Gasteiger partial charge is 0.243 e. The number of anilines is 2. The first-order chi connectivity index (χ1) is 13.1. The van der Waals surface area contributed by atoms with Gasteiger partial charge in [-0.15, -0.1) is 23.1 Å². The molecule has 0 unspecified atom stereocenters. The highest BCUT2D eigenvalue weighted by atomic mass is 32.2. The van der Waals surface area contributed by atoms with E-state index < -0.39 is 0 Å². The van der Waals surface area contributed by atoms with Gasteiger partial charge >= 0.3 is 0 Å². The van der Waals surface area contributed by atoms with Crippen LogP contribution in [-0.2, 0) is 11.2 Å². The molecule has 27 heavy (non-hydrogen) atoms. The van der Waals surface area contributed by atoms with Crippen LogP contribution in [0.4, 0.5) is 11.4 Å².